The highest BCUT2D eigenvalue weighted by molar-refractivity contribution is 6.36. The van der Waals surface area contributed by atoms with Gasteiger partial charge in [0.25, 0.3) is 0 Å². The summed E-state index contributed by atoms with van der Waals surface area (Å²) < 4.78 is 37.3. The molecular formula is C11H11Cl2F3. The Morgan fingerprint density at radius 3 is 1.94 bits per heavy atom. The average molecular weight is 271 g/mol. The lowest BCUT2D eigenvalue weighted by Gasteiger charge is -2.16. The monoisotopic (exact) mass is 270 g/mol. The van der Waals surface area contributed by atoms with Gasteiger partial charge in [-0.2, -0.15) is 13.2 Å². The second-order valence-electron chi connectivity index (χ2n) is 3.66. The van der Waals surface area contributed by atoms with E-state index in [1.54, 1.807) is 0 Å². The number of benzene rings is 1. The first-order chi connectivity index (χ1) is 7.27. The van der Waals surface area contributed by atoms with Gasteiger partial charge in [0.05, 0.1) is 5.56 Å². The molecule has 0 radical (unpaired) electrons. The van der Waals surface area contributed by atoms with Crippen LogP contribution in [0.15, 0.2) is 12.1 Å². The van der Waals surface area contributed by atoms with Crippen molar-refractivity contribution in [1.29, 1.82) is 0 Å². The first-order valence-corrected chi connectivity index (χ1v) is 5.59. The molecule has 0 N–H and O–H groups in total. The highest BCUT2D eigenvalue weighted by atomic mass is 35.5. The lowest BCUT2D eigenvalue weighted by Crippen LogP contribution is -2.06. The summed E-state index contributed by atoms with van der Waals surface area (Å²) in [6, 6.07) is 1.85. The zero-order valence-electron chi connectivity index (χ0n) is 8.83. The van der Waals surface area contributed by atoms with Gasteiger partial charge < -0.3 is 0 Å². The summed E-state index contributed by atoms with van der Waals surface area (Å²) in [4.78, 5) is 0. The van der Waals surface area contributed by atoms with Gasteiger partial charge in [0, 0.05) is 10.0 Å². The molecule has 0 bridgehead atoms. The molecule has 0 aliphatic carbocycles. The molecule has 0 saturated carbocycles. The maximum absolute atomic E-state index is 12.4. The van der Waals surface area contributed by atoms with Crippen LogP contribution in [0.3, 0.4) is 0 Å². The van der Waals surface area contributed by atoms with Crippen LogP contribution in [0.1, 0.15) is 37.3 Å². The van der Waals surface area contributed by atoms with Gasteiger partial charge in [0.2, 0.25) is 0 Å². The number of rotatable bonds is 2. The van der Waals surface area contributed by atoms with Crippen molar-refractivity contribution in [3.8, 4) is 0 Å². The molecule has 0 aliphatic heterocycles. The lowest BCUT2D eigenvalue weighted by atomic mass is 9.97. The Morgan fingerprint density at radius 2 is 1.62 bits per heavy atom. The molecule has 16 heavy (non-hydrogen) atoms. The van der Waals surface area contributed by atoms with E-state index in [1.807, 2.05) is 13.8 Å². The zero-order valence-corrected chi connectivity index (χ0v) is 10.3. The van der Waals surface area contributed by atoms with Crippen molar-refractivity contribution in [2.24, 2.45) is 0 Å². The van der Waals surface area contributed by atoms with Crippen LogP contribution in [-0.4, -0.2) is 0 Å². The number of alkyl halides is 3. The van der Waals surface area contributed by atoms with E-state index < -0.39 is 11.7 Å². The Kier molecular flexibility index (Phi) is 4.13. The minimum absolute atomic E-state index is 0.0438. The molecule has 0 saturated heterocycles. The van der Waals surface area contributed by atoms with E-state index in [2.05, 4.69) is 0 Å². The second-order valence-corrected chi connectivity index (χ2v) is 4.48. The maximum atomic E-state index is 12.4. The summed E-state index contributed by atoms with van der Waals surface area (Å²) in [5.74, 6) is 0.0438. The van der Waals surface area contributed by atoms with Crippen LogP contribution < -0.4 is 0 Å². The van der Waals surface area contributed by atoms with E-state index in [-0.39, 0.29) is 16.0 Å². The molecule has 1 aromatic carbocycles. The summed E-state index contributed by atoms with van der Waals surface area (Å²) in [6.07, 6.45) is -3.65. The van der Waals surface area contributed by atoms with Gasteiger partial charge in [0.1, 0.15) is 0 Å². The normalized spacial score (nSPS) is 13.9. The Labute approximate surface area is 102 Å². The fraction of sp³-hybridized carbons (Fsp3) is 0.455. The largest absolute Gasteiger partial charge is 0.416 e. The van der Waals surface area contributed by atoms with Crippen LogP contribution in [0.5, 0.6) is 0 Å². The Morgan fingerprint density at radius 1 is 1.19 bits per heavy atom. The zero-order chi connectivity index (χ0) is 12.5. The summed E-state index contributed by atoms with van der Waals surface area (Å²) in [5.41, 5.74) is -0.228. The van der Waals surface area contributed by atoms with E-state index >= 15 is 0 Å². The van der Waals surface area contributed by atoms with Crippen molar-refractivity contribution in [3.63, 3.8) is 0 Å². The fourth-order valence-corrected chi connectivity index (χ4v) is 2.28. The number of hydrogen-bond donors (Lipinski definition) is 0. The van der Waals surface area contributed by atoms with Gasteiger partial charge >= 0.3 is 6.18 Å². The Hall–Kier alpha value is -0.410. The molecule has 1 rings (SSSR count). The van der Waals surface area contributed by atoms with Gasteiger partial charge in [-0.05, 0) is 30.0 Å². The topological polar surface area (TPSA) is 0 Å². The lowest BCUT2D eigenvalue weighted by molar-refractivity contribution is -0.137. The molecule has 0 amide bonds. The smallest absolute Gasteiger partial charge is 0.166 e. The summed E-state index contributed by atoms with van der Waals surface area (Å²) in [7, 11) is 0. The SMILES string of the molecule is CCC(C)c1c(Cl)cc(C(F)(F)F)cc1Cl. The molecule has 0 nitrogen and oxygen atoms in total. The van der Waals surface area contributed by atoms with Crippen LogP contribution in [0, 0.1) is 0 Å². The molecule has 1 aromatic rings. The average Bonchev–Trinajstić information content (AvgIpc) is 2.14. The van der Waals surface area contributed by atoms with Gasteiger partial charge in [-0.1, -0.05) is 37.0 Å². The molecule has 0 fully saturated rings. The summed E-state index contributed by atoms with van der Waals surface area (Å²) in [5, 5.41) is 0.156. The van der Waals surface area contributed by atoms with Crippen molar-refractivity contribution in [2.45, 2.75) is 32.4 Å². The molecule has 0 aromatic heterocycles. The van der Waals surface area contributed by atoms with Crippen molar-refractivity contribution in [1.82, 2.24) is 0 Å². The summed E-state index contributed by atoms with van der Waals surface area (Å²) in [6.45, 7) is 3.80. The Bertz CT molecular complexity index is 362. The third-order valence-corrected chi connectivity index (χ3v) is 3.14. The highest BCUT2D eigenvalue weighted by Gasteiger charge is 2.32. The molecule has 90 valence electrons. The predicted octanol–water partition coefficient (Wildman–Crippen LogP) is 5.53. The Balaban J connectivity index is 3.28. The molecule has 5 heteroatoms. The standard InChI is InChI=1S/C11H11Cl2F3/c1-3-6(2)10-8(12)4-7(5-9(10)13)11(14,15)16/h4-6H,3H2,1-2H3. The van der Waals surface area contributed by atoms with Crippen molar-refractivity contribution in [2.75, 3.05) is 0 Å². The van der Waals surface area contributed by atoms with Crippen molar-refractivity contribution < 1.29 is 13.2 Å². The van der Waals surface area contributed by atoms with Crippen molar-refractivity contribution >= 4 is 23.2 Å². The first-order valence-electron chi connectivity index (χ1n) is 4.83. The van der Waals surface area contributed by atoms with E-state index in [0.717, 1.165) is 18.6 Å². The van der Waals surface area contributed by atoms with Crippen LogP contribution in [-0.2, 0) is 6.18 Å². The quantitative estimate of drug-likeness (QED) is 0.663. The van der Waals surface area contributed by atoms with Crippen LogP contribution in [0.4, 0.5) is 13.2 Å². The molecule has 1 unspecified atom stereocenters. The van der Waals surface area contributed by atoms with Gasteiger partial charge in [0.15, 0.2) is 0 Å². The molecular weight excluding hydrogens is 260 g/mol. The minimum Gasteiger partial charge on any atom is -0.166 e. The second kappa shape index (κ2) is 4.84. The van der Waals surface area contributed by atoms with E-state index in [1.165, 1.54) is 0 Å². The molecule has 0 spiro atoms. The van der Waals surface area contributed by atoms with Crippen LogP contribution >= 0.6 is 23.2 Å². The maximum Gasteiger partial charge on any atom is 0.416 e. The fourth-order valence-electron chi connectivity index (χ4n) is 1.42. The van der Waals surface area contributed by atoms with E-state index in [0.29, 0.717) is 5.56 Å². The van der Waals surface area contributed by atoms with Crippen LogP contribution in [0.25, 0.3) is 0 Å². The van der Waals surface area contributed by atoms with Gasteiger partial charge in [-0.3, -0.25) is 0 Å². The highest BCUT2D eigenvalue weighted by Crippen LogP contribution is 2.39. The molecule has 0 heterocycles. The van der Waals surface area contributed by atoms with Crippen molar-refractivity contribution in [3.05, 3.63) is 33.3 Å². The van der Waals surface area contributed by atoms with E-state index in [9.17, 15) is 13.2 Å². The molecule has 1 atom stereocenters. The number of hydrogen-bond acceptors (Lipinski definition) is 0. The predicted molar refractivity (Wildman–Crippen MR) is 60.2 cm³/mol. The molecule has 0 aliphatic rings. The van der Waals surface area contributed by atoms with Crippen LogP contribution in [0.2, 0.25) is 10.0 Å². The van der Waals surface area contributed by atoms with Gasteiger partial charge in [-0.15, -0.1) is 0 Å². The van der Waals surface area contributed by atoms with E-state index in [4.69, 9.17) is 23.2 Å². The first kappa shape index (κ1) is 13.7. The third-order valence-electron chi connectivity index (χ3n) is 2.51. The van der Waals surface area contributed by atoms with Gasteiger partial charge in [-0.25, -0.2) is 0 Å². The third kappa shape index (κ3) is 2.83. The summed E-state index contributed by atoms with van der Waals surface area (Å²) >= 11 is 11.7. The minimum atomic E-state index is -4.42. The number of halogens is 5.